The van der Waals surface area contributed by atoms with Crippen molar-refractivity contribution in [3.63, 3.8) is 0 Å². The Morgan fingerprint density at radius 2 is 1.73 bits per heavy atom. The third-order valence-corrected chi connectivity index (χ3v) is 6.57. The molecule has 0 spiro atoms. The summed E-state index contributed by atoms with van der Waals surface area (Å²) in [6.45, 7) is 5.16. The van der Waals surface area contributed by atoms with Gasteiger partial charge in [0.05, 0.1) is 35.7 Å². The van der Waals surface area contributed by atoms with E-state index in [1.807, 2.05) is 54.6 Å². The van der Waals surface area contributed by atoms with E-state index in [0.29, 0.717) is 18.7 Å². The van der Waals surface area contributed by atoms with Crippen molar-refractivity contribution in [2.24, 2.45) is 0 Å². The van der Waals surface area contributed by atoms with E-state index in [9.17, 15) is 5.26 Å². The van der Waals surface area contributed by atoms with Gasteiger partial charge in [0.25, 0.3) is 0 Å². The SMILES string of the molecule is COc1ccc(CNc2c(C#N)cc3[nH]cnc3c2-c2c(C)ccc(OCc3ccccc3)c2C)cc1. The number of H-pyrrole nitrogens is 1. The predicted octanol–water partition coefficient (Wildman–Crippen LogP) is 6.92. The minimum Gasteiger partial charge on any atom is -0.497 e. The summed E-state index contributed by atoms with van der Waals surface area (Å²) < 4.78 is 11.5. The number of methoxy groups -OCH3 is 1. The number of nitrogens with one attached hydrogen (secondary N) is 2. The molecule has 4 aromatic carbocycles. The fourth-order valence-electron chi connectivity index (χ4n) is 4.64. The Morgan fingerprint density at radius 1 is 0.946 bits per heavy atom. The molecule has 184 valence electrons. The molecule has 2 N–H and O–H groups in total. The van der Waals surface area contributed by atoms with Crippen molar-refractivity contribution < 1.29 is 9.47 Å². The summed E-state index contributed by atoms with van der Waals surface area (Å²) in [6.07, 6.45) is 1.67. The molecule has 6 nitrogen and oxygen atoms in total. The van der Waals surface area contributed by atoms with Crippen molar-refractivity contribution in [1.82, 2.24) is 9.97 Å². The highest BCUT2D eigenvalue weighted by Gasteiger charge is 2.22. The first-order valence-corrected chi connectivity index (χ1v) is 12.1. The van der Waals surface area contributed by atoms with E-state index >= 15 is 0 Å². The number of anilines is 1. The molecular weight excluding hydrogens is 460 g/mol. The highest BCUT2D eigenvalue weighted by molar-refractivity contribution is 6.03. The molecule has 0 fully saturated rings. The number of aromatic nitrogens is 2. The van der Waals surface area contributed by atoms with Gasteiger partial charge < -0.3 is 19.8 Å². The number of hydrogen-bond acceptors (Lipinski definition) is 5. The zero-order chi connectivity index (χ0) is 25.8. The van der Waals surface area contributed by atoms with E-state index in [0.717, 1.165) is 61.6 Å². The Morgan fingerprint density at radius 3 is 2.46 bits per heavy atom. The Hall–Kier alpha value is -4.76. The molecular formula is C31H28N4O2. The average Bonchev–Trinajstić information content (AvgIpc) is 3.41. The second kappa shape index (κ2) is 10.5. The molecule has 1 heterocycles. The van der Waals surface area contributed by atoms with Gasteiger partial charge in [-0.2, -0.15) is 5.26 Å². The normalized spacial score (nSPS) is 10.8. The number of nitrogens with zero attached hydrogens (tertiary/aromatic N) is 2. The maximum absolute atomic E-state index is 10.1. The number of fused-ring (bicyclic) bond motifs is 1. The van der Waals surface area contributed by atoms with Crippen LogP contribution in [0.4, 0.5) is 5.69 Å². The highest BCUT2D eigenvalue weighted by atomic mass is 16.5. The average molecular weight is 489 g/mol. The van der Waals surface area contributed by atoms with Gasteiger partial charge in [0, 0.05) is 12.1 Å². The van der Waals surface area contributed by atoms with Crippen molar-refractivity contribution in [2.75, 3.05) is 12.4 Å². The second-order valence-corrected chi connectivity index (χ2v) is 8.94. The largest absolute Gasteiger partial charge is 0.497 e. The lowest BCUT2D eigenvalue weighted by Crippen LogP contribution is -2.06. The van der Waals surface area contributed by atoms with Crippen molar-refractivity contribution >= 4 is 16.7 Å². The third-order valence-electron chi connectivity index (χ3n) is 6.57. The van der Waals surface area contributed by atoms with E-state index in [1.54, 1.807) is 13.4 Å². The Bertz CT molecular complexity index is 1580. The van der Waals surface area contributed by atoms with Gasteiger partial charge in [-0.1, -0.05) is 48.5 Å². The molecule has 0 amide bonds. The molecule has 0 saturated heterocycles. The molecule has 1 aromatic heterocycles. The first-order valence-electron chi connectivity index (χ1n) is 12.1. The maximum atomic E-state index is 10.1. The van der Waals surface area contributed by atoms with Gasteiger partial charge in [-0.05, 0) is 65.9 Å². The molecule has 0 radical (unpaired) electrons. The van der Waals surface area contributed by atoms with Crippen molar-refractivity contribution in [1.29, 1.82) is 5.26 Å². The highest BCUT2D eigenvalue weighted by Crippen LogP contribution is 2.42. The van der Waals surface area contributed by atoms with Gasteiger partial charge in [0.15, 0.2) is 0 Å². The van der Waals surface area contributed by atoms with Crippen LogP contribution in [0, 0.1) is 25.2 Å². The van der Waals surface area contributed by atoms with Crippen molar-refractivity contribution in [2.45, 2.75) is 27.0 Å². The van der Waals surface area contributed by atoms with E-state index in [2.05, 4.69) is 53.4 Å². The lowest BCUT2D eigenvalue weighted by atomic mass is 9.91. The molecule has 0 bridgehead atoms. The number of ether oxygens (including phenoxy) is 2. The minimum atomic E-state index is 0.475. The van der Waals surface area contributed by atoms with E-state index in [1.165, 1.54) is 0 Å². The third kappa shape index (κ3) is 4.85. The summed E-state index contributed by atoms with van der Waals surface area (Å²) >= 11 is 0. The molecule has 5 aromatic rings. The Balaban J connectivity index is 1.59. The summed E-state index contributed by atoms with van der Waals surface area (Å²) in [6, 6.07) is 26.3. The topological polar surface area (TPSA) is 83.0 Å². The zero-order valence-electron chi connectivity index (χ0n) is 21.1. The van der Waals surface area contributed by atoms with Crippen LogP contribution in [0.15, 0.2) is 79.1 Å². The van der Waals surface area contributed by atoms with Crippen LogP contribution in [0.3, 0.4) is 0 Å². The van der Waals surface area contributed by atoms with Gasteiger partial charge in [0.1, 0.15) is 24.2 Å². The van der Waals surface area contributed by atoms with E-state index in [4.69, 9.17) is 9.47 Å². The lowest BCUT2D eigenvalue weighted by Gasteiger charge is -2.20. The second-order valence-electron chi connectivity index (χ2n) is 8.94. The van der Waals surface area contributed by atoms with Crippen molar-refractivity contribution in [3.8, 4) is 28.7 Å². The number of aryl methyl sites for hydroxylation is 1. The monoisotopic (exact) mass is 488 g/mol. The number of imidazole rings is 1. The number of benzene rings is 4. The Labute approximate surface area is 216 Å². The van der Waals surface area contributed by atoms with Crippen molar-refractivity contribution in [3.05, 3.63) is 107 Å². The molecule has 0 atom stereocenters. The summed E-state index contributed by atoms with van der Waals surface area (Å²) in [7, 11) is 1.65. The zero-order valence-corrected chi connectivity index (χ0v) is 21.1. The van der Waals surface area contributed by atoms with Gasteiger partial charge in [0.2, 0.25) is 0 Å². The van der Waals surface area contributed by atoms with Gasteiger partial charge >= 0.3 is 0 Å². The molecule has 0 aliphatic heterocycles. The van der Waals surface area contributed by atoms with Crippen LogP contribution in [-0.2, 0) is 13.2 Å². The first-order chi connectivity index (χ1) is 18.1. The molecule has 0 saturated carbocycles. The molecule has 6 heteroatoms. The molecule has 0 aliphatic rings. The first kappa shape index (κ1) is 24.0. The molecule has 0 unspecified atom stereocenters. The van der Waals surface area contributed by atoms with Crippen LogP contribution in [0.5, 0.6) is 11.5 Å². The summed E-state index contributed by atoms with van der Waals surface area (Å²) in [5.74, 6) is 1.61. The number of rotatable bonds is 8. The number of aromatic amines is 1. The van der Waals surface area contributed by atoms with Crippen LogP contribution in [0.2, 0.25) is 0 Å². The van der Waals surface area contributed by atoms with Crippen LogP contribution in [-0.4, -0.2) is 17.1 Å². The molecule has 0 aliphatic carbocycles. The Kier molecular flexibility index (Phi) is 6.78. The fourth-order valence-corrected chi connectivity index (χ4v) is 4.64. The summed E-state index contributed by atoms with van der Waals surface area (Å²) in [4.78, 5) is 7.84. The van der Waals surface area contributed by atoms with Crippen LogP contribution in [0.1, 0.15) is 27.8 Å². The minimum absolute atomic E-state index is 0.475. The quantitative estimate of drug-likeness (QED) is 0.248. The van der Waals surface area contributed by atoms with Gasteiger partial charge in [-0.15, -0.1) is 0 Å². The van der Waals surface area contributed by atoms with E-state index in [-0.39, 0.29) is 0 Å². The smallest absolute Gasteiger partial charge is 0.123 e. The molecule has 5 rings (SSSR count). The fraction of sp³-hybridized carbons (Fsp3) is 0.161. The molecule has 37 heavy (non-hydrogen) atoms. The van der Waals surface area contributed by atoms with Gasteiger partial charge in [-0.3, -0.25) is 0 Å². The lowest BCUT2D eigenvalue weighted by molar-refractivity contribution is 0.304. The summed E-state index contributed by atoms with van der Waals surface area (Å²) in [5.41, 5.74) is 9.09. The van der Waals surface area contributed by atoms with Crippen LogP contribution in [0.25, 0.3) is 22.2 Å². The standard InChI is InChI=1S/C31H28N4O2/c1-20-9-14-27(37-18-23-7-5-4-6-8-23)21(2)28(20)29-30(24(16-32)15-26-31(29)35-19-34-26)33-17-22-10-12-25(36-3)13-11-22/h4-15,19,33H,17-18H2,1-3H3,(H,34,35). The predicted molar refractivity (Wildman–Crippen MR) is 147 cm³/mol. The number of hydrogen-bond donors (Lipinski definition) is 2. The maximum Gasteiger partial charge on any atom is 0.123 e. The van der Waals surface area contributed by atoms with Crippen LogP contribution < -0.4 is 14.8 Å². The van der Waals surface area contributed by atoms with Crippen LogP contribution >= 0.6 is 0 Å². The number of nitriles is 1. The van der Waals surface area contributed by atoms with E-state index < -0.39 is 0 Å². The van der Waals surface area contributed by atoms with Gasteiger partial charge in [-0.25, -0.2) is 4.98 Å². The summed E-state index contributed by atoms with van der Waals surface area (Å²) in [5, 5.41) is 13.6.